The van der Waals surface area contributed by atoms with E-state index in [0.717, 1.165) is 0 Å². The fraction of sp³-hybridized carbons (Fsp3) is 0.727. The smallest absolute Gasteiger partial charge is 0.331 e. The van der Waals surface area contributed by atoms with E-state index in [0.29, 0.717) is 18.4 Å². The Morgan fingerprint density at radius 3 is 2.39 bits per heavy atom. The lowest BCUT2D eigenvalue weighted by Crippen LogP contribution is -2.89. The molecule has 10 rings (SSSR count). The average Bonchev–Trinajstić information content (AvgIpc) is 3.72. The number of ether oxygens (including phenoxy) is 6. The number of benzene rings is 1. The van der Waals surface area contributed by atoms with Gasteiger partial charge in [0.15, 0.2) is 0 Å². The van der Waals surface area contributed by atoms with Crippen molar-refractivity contribution in [1.82, 2.24) is 0 Å². The van der Waals surface area contributed by atoms with Gasteiger partial charge in [0.2, 0.25) is 0 Å². The van der Waals surface area contributed by atoms with Crippen LogP contribution in [0.4, 0.5) is 0 Å². The van der Waals surface area contributed by atoms with E-state index >= 15 is 0 Å². The van der Waals surface area contributed by atoms with E-state index in [9.17, 15) is 35.1 Å². The quantitative estimate of drug-likeness (QED) is 0.216. The van der Waals surface area contributed by atoms with Crippen LogP contribution in [0.2, 0.25) is 0 Å². The van der Waals surface area contributed by atoms with E-state index in [1.165, 1.54) is 12.2 Å². The number of allylic oxidation sites excluding steroid dienone is 2. The van der Waals surface area contributed by atoms with Crippen LogP contribution >= 0.6 is 0 Å². The molecule has 1 spiro atoms. The molecule has 57 heavy (non-hydrogen) atoms. The van der Waals surface area contributed by atoms with E-state index in [1.807, 2.05) is 45.9 Å². The molecule has 0 aromatic heterocycles. The molecule has 4 saturated heterocycles. The number of aliphatic hydroxyl groups excluding tert-OH is 2. The van der Waals surface area contributed by atoms with Crippen molar-refractivity contribution >= 4 is 11.9 Å². The zero-order chi connectivity index (χ0) is 40.7. The second kappa shape index (κ2) is 13.1. The van der Waals surface area contributed by atoms with Crippen molar-refractivity contribution < 1.29 is 63.5 Å². The topological polar surface area (TPSA) is 194 Å². The lowest BCUT2D eigenvalue weighted by atomic mass is 9.49. The van der Waals surface area contributed by atoms with E-state index < -0.39 is 107 Å². The Balaban J connectivity index is 1.22. The lowest BCUT2D eigenvalue weighted by Gasteiger charge is -2.74. The molecule has 13 heteroatoms. The maximum Gasteiger partial charge on any atom is 0.331 e. The van der Waals surface area contributed by atoms with Gasteiger partial charge in [-0.1, -0.05) is 77.1 Å². The molecule has 312 valence electrons. The molecule has 5 heterocycles. The average molecular weight is 795 g/mol. The number of epoxide rings is 1. The Morgan fingerprint density at radius 1 is 0.965 bits per heavy atom. The Hall–Kier alpha value is -2.72. The summed E-state index contributed by atoms with van der Waals surface area (Å²) in [5.41, 5.74) is -8.82. The van der Waals surface area contributed by atoms with Gasteiger partial charge in [0, 0.05) is 41.7 Å². The minimum absolute atomic E-state index is 0.0620. The fourth-order valence-corrected chi connectivity index (χ4v) is 13.0. The molecule has 1 aromatic carbocycles. The summed E-state index contributed by atoms with van der Waals surface area (Å²) in [6, 6.07) is 9.04. The minimum atomic E-state index is -2.21. The van der Waals surface area contributed by atoms with Gasteiger partial charge in [-0.3, -0.25) is 4.79 Å². The summed E-state index contributed by atoms with van der Waals surface area (Å²) < 4.78 is 39.5. The van der Waals surface area contributed by atoms with Crippen LogP contribution in [0.1, 0.15) is 79.2 Å². The number of hydrogen-bond acceptors (Lipinski definition) is 13. The number of esters is 2. The fourth-order valence-electron chi connectivity index (χ4n) is 13.0. The Kier molecular flexibility index (Phi) is 9.16. The van der Waals surface area contributed by atoms with E-state index in [-0.39, 0.29) is 48.9 Å². The van der Waals surface area contributed by atoms with Crippen LogP contribution < -0.4 is 0 Å². The molecule has 5 N–H and O–H groups in total. The molecule has 0 radical (unpaired) electrons. The maximum atomic E-state index is 13.7. The highest BCUT2D eigenvalue weighted by atomic mass is 16.9. The highest BCUT2D eigenvalue weighted by Crippen LogP contribution is 2.75. The molecule has 0 amide bonds. The van der Waals surface area contributed by atoms with Gasteiger partial charge in [-0.25, -0.2) is 4.79 Å². The summed E-state index contributed by atoms with van der Waals surface area (Å²) in [7, 11) is 0. The molecule has 10 bridgehead atoms. The molecule has 5 aliphatic heterocycles. The Labute approximate surface area is 333 Å². The zero-order valence-corrected chi connectivity index (χ0v) is 33.5. The minimum Gasteiger partial charge on any atom is -0.458 e. The predicted molar refractivity (Wildman–Crippen MR) is 200 cm³/mol. The first kappa shape index (κ1) is 39.7. The number of carbonyl (C=O) groups excluding carboxylic acids is 2. The first-order valence-electron chi connectivity index (χ1n) is 20.9. The molecular formula is C44H58O13. The first-order valence-corrected chi connectivity index (χ1v) is 20.9. The zero-order valence-electron chi connectivity index (χ0n) is 33.5. The van der Waals surface area contributed by atoms with Gasteiger partial charge in [0.05, 0.1) is 17.8 Å². The molecule has 4 aliphatic carbocycles. The van der Waals surface area contributed by atoms with Crippen LogP contribution in [0.3, 0.4) is 0 Å². The normalized spacial score (nSPS) is 53.3. The highest BCUT2D eigenvalue weighted by molar-refractivity contribution is 5.82. The molecular weight excluding hydrogens is 736 g/mol. The van der Waals surface area contributed by atoms with Crippen LogP contribution in [-0.2, 0) is 44.0 Å². The van der Waals surface area contributed by atoms with Gasteiger partial charge in [-0.2, -0.15) is 0 Å². The third-order valence-electron chi connectivity index (χ3n) is 15.8. The first-order chi connectivity index (χ1) is 26.9. The van der Waals surface area contributed by atoms with Crippen molar-refractivity contribution in [2.24, 2.45) is 47.3 Å². The molecule has 13 nitrogen and oxygen atoms in total. The van der Waals surface area contributed by atoms with Crippen molar-refractivity contribution in [3.05, 3.63) is 60.2 Å². The van der Waals surface area contributed by atoms with Crippen molar-refractivity contribution in [1.29, 1.82) is 0 Å². The molecule has 1 unspecified atom stereocenters. The number of aliphatic hydroxyl groups is 5. The van der Waals surface area contributed by atoms with E-state index in [4.69, 9.17) is 28.4 Å². The van der Waals surface area contributed by atoms with Crippen molar-refractivity contribution in [3.8, 4) is 0 Å². The van der Waals surface area contributed by atoms with Gasteiger partial charge in [-0.15, -0.1) is 0 Å². The predicted octanol–water partition coefficient (Wildman–Crippen LogP) is 3.04. The van der Waals surface area contributed by atoms with E-state index in [2.05, 4.69) is 6.92 Å². The van der Waals surface area contributed by atoms with Crippen LogP contribution in [0, 0.1) is 47.3 Å². The monoisotopic (exact) mass is 794 g/mol. The van der Waals surface area contributed by atoms with E-state index in [1.54, 1.807) is 31.2 Å². The second-order valence-corrected chi connectivity index (χ2v) is 19.3. The van der Waals surface area contributed by atoms with Crippen LogP contribution in [0.25, 0.3) is 0 Å². The largest absolute Gasteiger partial charge is 0.458 e. The van der Waals surface area contributed by atoms with Crippen LogP contribution in [0.15, 0.2) is 54.6 Å². The highest BCUT2D eigenvalue weighted by Gasteiger charge is 2.91. The van der Waals surface area contributed by atoms with Gasteiger partial charge in [0.25, 0.3) is 0 Å². The molecule has 1 aromatic rings. The molecule has 8 fully saturated rings. The molecule has 4 saturated carbocycles. The Morgan fingerprint density at radius 2 is 1.68 bits per heavy atom. The van der Waals surface area contributed by atoms with Crippen molar-refractivity contribution in [2.45, 2.75) is 144 Å². The summed E-state index contributed by atoms with van der Waals surface area (Å²) in [6.07, 6.45) is 1.15. The van der Waals surface area contributed by atoms with Crippen molar-refractivity contribution in [2.75, 3.05) is 6.61 Å². The maximum absolute atomic E-state index is 13.7. The number of hydrogen-bond donors (Lipinski definition) is 5. The van der Waals surface area contributed by atoms with Gasteiger partial charge < -0.3 is 54.0 Å². The van der Waals surface area contributed by atoms with Crippen LogP contribution in [-0.4, -0.2) is 109 Å². The Bertz CT molecular complexity index is 1830. The standard InChI is InChI=1S/C44H58O13/c1-22(2)18-32(47)52-29-14-10-11-15-31(46)53-34-23(3)19-30-41(34,50)38(48)40(21-45)36(54-40)33-37-43(51,39(6,49)20-26-16-17-28(29)24(26)4)35-25(5)42(30,33)57-44(55-35,56-37)27-12-8-7-9-13-27/h7-15,22-26,28-30,33-38,45,48-51H,16-21H2,1-6H3/t23-,24-,25+,26+,28-,29+,30+,33-,34-,35-,36-,37+,38+,39+,40-,41+,42-,43-,44?/m0/s1. The number of fused-ring (bicyclic) bond motifs is 3. The summed E-state index contributed by atoms with van der Waals surface area (Å²) in [4.78, 5) is 26.7. The third-order valence-corrected chi connectivity index (χ3v) is 15.8. The summed E-state index contributed by atoms with van der Waals surface area (Å²) in [5, 5.41) is 63.3. The SMILES string of the molecule is CC(C)CC(=O)O[C@@H]1C=CC=CC(=O)O[C@H]2[C@@H](C)C[C@@H]3[C@]2(O)[C@H](O)[C@@]2(CO)O[C@H]2[C@H]2[C@H]4OC5(c6ccccc6)O[C@@H]([C@@H](C)[C@@]23O5)[C@@]4(O)[C@](C)(O)C[C@H]2CC[C@H]1[C@H]2C. The number of carbonyl (C=O) groups is 2. The van der Waals surface area contributed by atoms with Crippen LogP contribution in [0.5, 0.6) is 0 Å². The van der Waals surface area contributed by atoms with Gasteiger partial charge >= 0.3 is 17.9 Å². The third kappa shape index (κ3) is 5.26. The van der Waals surface area contributed by atoms with Gasteiger partial charge in [0.1, 0.15) is 53.4 Å². The second-order valence-electron chi connectivity index (χ2n) is 19.3. The molecule has 9 aliphatic rings. The summed E-state index contributed by atoms with van der Waals surface area (Å²) in [5.74, 6) is -6.33. The van der Waals surface area contributed by atoms with Crippen molar-refractivity contribution in [3.63, 3.8) is 0 Å². The summed E-state index contributed by atoms with van der Waals surface area (Å²) in [6.45, 7) is 10.6. The number of rotatable bonds is 5. The summed E-state index contributed by atoms with van der Waals surface area (Å²) >= 11 is 0. The molecule has 19 atom stereocenters. The van der Waals surface area contributed by atoms with Gasteiger partial charge in [-0.05, 0) is 62.4 Å². The lowest BCUT2D eigenvalue weighted by molar-refractivity contribution is -0.595.